The maximum Gasteiger partial charge on any atom is 0.275 e. The molecule has 0 unspecified atom stereocenters. The Bertz CT molecular complexity index is 723. The lowest BCUT2D eigenvalue weighted by atomic mass is 10.1. The molecule has 2 aromatic carbocycles. The summed E-state index contributed by atoms with van der Waals surface area (Å²) in [6.45, 7) is 1.77. The van der Waals surface area contributed by atoms with Gasteiger partial charge >= 0.3 is 0 Å². The molecule has 0 amide bonds. The predicted octanol–water partition coefficient (Wildman–Crippen LogP) is 2.18. The van der Waals surface area contributed by atoms with Crippen LogP contribution in [-0.4, -0.2) is 31.2 Å². The van der Waals surface area contributed by atoms with Crippen LogP contribution in [0.3, 0.4) is 0 Å². The Hall–Kier alpha value is -2.49. The number of hydrogen-bond acceptors (Lipinski definition) is 3. The molecule has 114 valence electrons. The van der Waals surface area contributed by atoms with E-state index >= 15 is 0 Å². The Morgan fingerprint density at radius 1 is 1.05 bits per heavy atom. The average molecular weight is 297 g/mol. The van der Waals surface area contributed by atoms with Gasteiger partial charge < -0.3 is 9.47 Å². The zero-order valence-corrected chi connectivity index (χ0v) is 13.0. The lowest BCUT2D eigenvalue weighted by Gasteiger charge is -2.09. The number of rotatable bonds is 5. The van der Waals surface area contributed by atoms with Crippen LogP contribution >= 0.6 is 0 Å². The minimum atomic E-state index is 0.755. The number of hydrogen-bond donors (Lipinski definition) is 1. The van der Waals surface area contributed by atoms with Crippen LogP contribution in [0.5, 0.6) is 11.5 Å². The van der Waals surface area contributed by atoms with Gasteiger partial charge in [-0.1, -0.05) is 24.3 Å². The predicted molar refractivity (Wildman–Crippen MR) is 86.8 cm³/mol. The van der Waals surface area contributed by atoms with Gasteiger partial charge in [0.05, 0.1) is 26.3 Å². The smallest absolute Gasteiger partial charge is 0.275 e. The minimum Gasteiger partial charge on any atom is -0.493 e. The summed E-state index contributed by atoms with van der Waals surface area (Å²) in [5, 5.41) is 0. The molecule has 4 heteroatoms. The summed E-state index contributed by atoms with van der Waals surface area (Å²) < 4.78 is 12.8. The summed E-state index contributed by atoms with van der Waals surface area (Å²) in [5.74, 6) is 2.39. The van der Waals surface area contributed by atoms with Gasteiger partial charge in [-0.25, -0.2) is 0 Å². The van der Waals surface area contributed by atoms with Gasteiger partial charge in [0.1, 0.15) is 6.54 Å². The van der Waals surface area contributed by atoms with Crippen molar-refractivity contribution in [2.24, 2.45) is 5.73 Å². The monoisotopic (exact) mass is 297 g/mol. The van der Waals surface area contributed by atoms with Gasteiger partial charge in [0.2, 0.25) is 0 Å². The van der Waals surface area contributed by atoms with Crippen molar-refractivity contribution in [2.45, 2.75) is 13.0 Å². The van der Waals surface area contributed by atoms with Crippen LogP contribution in [0.2, 0.25) is 0 Å². The van der Waals surface area contributed by atoms with Gasteiger partial charge in [-0.2, -0.15) is 0 Å². The van der Waals surface area contributed by atoms with Crippen LogP contribution in [0.4, 0.5) is 0 Å². The summed E-state index contributed by atoms with van der Waals surface area (Å²) in [6, 6.07) is 14.4. The van der Waals surface area contributed by atoms with E-state index in [0.717, 1.165) is 42.4 Å². The molecule has 0 atom stereocenters. The highest BCUT2D eigenvalue weighted by Gasteiger charge is 2.23. The quantitative estimate of drug-likeness (QED) is 0.861. The number of fused-ring (bicyclic) bond motifs is 1. The molecule has 2 aromatic rings. The van der Waals surface area contributed by atoms with Crippen molar-refractivity contribution in [3.05, 3.63) is 59.2 Å². The third kappa shape index (κ3) is 2.64. The molecule has 0 radical (unpaired) electrons. The fourth-order valence-corrected chi connectivity index (χ4v) is 2.87. The van der Waals surface area contributed by atoms with Crippen molar-refractivity contribution in [3.8, 4) is 11.5 Å². The van der Waals surface area contributed by atoms with E-state index in [0.29, 0.717) is 0 Å². The van der Waals surface area contributed by atoms with Gasteiger partial charge in [0.25, 0.3) is 5.84 Å². The zero-order valence-electron chi connectivity index (χ0n) is 13.0. The van der Waals surface area contributed by atoms with Crippen LogP contribution in [0.25, 0.3) is 0 Å². The number of methoxy groups -OCH3 is 2. The van der Waals surface area contributed by atoms with Gasteiger partial charge in [0.15, 0.2) is 11.5 Å². The average Bonchev–Trinajstić information content (AvgIpc) is 2.89. The Morgan fingerprint density at radius 3 is 2.55 bits per heavy atom. The number of nitrogens with zero attached hydrogens (tertiary/aromatic N) is 1. The zero-order chi connectivity index (χ0) is 15.5. The van der Waals surface area contributed by atoms with E-state index in [1.54, 1.807) is 14.2 Å². The van der Waals surface area contributed by atoms with E-state index in [9.17, 15) is 0 Å². The molecular weight excluding hydrogens is 276 g/mol. The molecule has 1 aliphatic rings. The standard InChI is InChI=1S/C18H20N2O2/c1-21-16-8-7-13(11-17(16)22-2)9-10-20-12-14-5-3-4-6-15(14)18(20)19/h3-8,11,19H,9-10,12H2,1-2H3/p+1. The van der Waals surface area contributed by atoms with Crippen LogP contribution in [0.1, 0.15) is 16.7 Å². The molecule has 22 heavy (non-hydrogen) atoms. The topological polar surface area (TPSA) is 47.5 Å². The molecule has 2 N–H and O–H groups in total. The Morgan fingerprint density at radius 2 is 1.82 bits per heavy atom. The van der Waals surface area contributed by atoms with Crippen LogP contribution < -0.4 is 15.2 Å². The van der Waals surface area contributed by atoms with Crippen molar-refractivity contribution in [2.75, 3.05) is 20.8 Å². The highest BCUT2D eigenvalue weighted by Crippen LogP contribution is 2.27. The number of amidine groups is 1. The Balaban J connectivity index is 1.73. The van der Waals surface area contributed by atoms with Gasteiger partial charge in [-0.15, -0.1) is 0 Å². The molecule has 4 nitrogen and oxygen atoms in total. The summed E-state index contributed by atoms with van der Waals surface area (Å²) in [7, 11) is 3.30. The van der Waals surface area contributed by atoms with Crippen molar-refractivity contribution in [3.63, 3.8) is 0 Å². The molecule has 0 spiro atoms. The summed E-state index contributed by atoms with van der Waals surface area (Å²) in [4.78, 5) is 0. The van der Waals surface area contributed by atoms with E-state index in [1.165, 1.54) is 11.1 Å². The maximum atomic E-state index is 6.25. The second kappa shape index (κ2) is 6.10. The summed E-state index contributed by atoms with van der Waals surface area (Å²) in [6.07, 6.45) is 0.912. The first-order chi connectivity index (χ1) is 10.7. The van der Waals surface area contributed by atoms with E-state index in [4.69, 9.17) is 15.2 Å². The SMILES string of the molecule is COc1ccc(CC[N+]2=C(N)c3ccccc3C2)cc1OC. The third-order valence-corrected chi connectivity index (χ3v) is 4.11. The molecule has 0 fully saturated rings. The van der Waals surface area contributed by atoms with Gasteiger partial charge in [-0.3, -0.25) is 10.3 Å². The molecular formula is C18H21N2O2+. The first-order valence-electron chi connectivity index (χ1n) is 7.39. The molecule has 0 aliphatic carbocycles. The van der Waals surface area contributed by atoms with Crippen molar-refractivity contribution >= 4 is 5.84 Å². The van der Waals surface area contributed by atoms with Gasteiger partial charge in [0, 0.05) is 12.0 Å². The fraction of sp³-hybridized carbons (Fsp3) is 0.278. The first-order valence-corrected chi connectivity index (χ1v) is 7.39. The lowest BCUT2D eigenvalue weighted by molar-refractivity contribution is -0.539. The second-order valence-corrected chi connectivity index (χ2v) is 5.40. The van der Waals surface area contributed by atoms with E-state index in [1.807, 2.05) is 18.2 Å². The molecule has 0 bridgehead atoms. The van der Waals surface area contributed by atoms with Crippen LogP contribution in [0.15, 0.2) is 42.5 Å². The van der Waals surface area contributed by atoms with Crippen LogP contribution in [0, 0.1) is 0 Å². The number of nitrogens with two attached hydrogens (primary N) is 1. The minimum absolute atomic E-state index is 0.755. The maximum absolute atomic E-state index is 6.25. The van der Waals surface area contributed by atoms with E-state index < -0.39 is 0 Å². The number of benzene rings is 2. The fourth-order valence-electron chi connectivity index (χ4n) is 2.87. The van der Waals surface area contributed by atoms with Crippen LogP contribution in [-0.2, 0) is 13.0 Å². The molecule has 1 aliphatic heterocycles. The second-order valence-electron chi connectivity index (χ2n) is 5.40. The lowest BCUT2D eigenvalue weighted by Crippen LogP contribution is -2.25. The number of ether oxygens (including phenoxy) is 2. The Kier molecular flexibility index (Phi) is 4.00. The van der Waals surface area contributed by atoms with Crippen molar-refractivity contribution < 1.29 is 14.0 Å². The molecule has 0 aromatic heterocycles. The third-order valence-electron chi connectivity index (χ3n) is 4.11. The van der Waals surface area contributed by atoms with E-state index in [2.05, 4.69) is 28.8 Å². The molecule has 3 rings (SSSR count). The molecule has 0 saturated heterocycles. The summed E-state index contributed by atoms with van der Waals surface area (Å²) >= 11 is 0. The van der Waals surface area contributed by atoms with E-state index in [-0.39, 0.29) is 0 Å². The summed E-state index contributed by atoms with van der Waals surface area (Å²) in [5.41, 5.74) is 9.92. The van der Waals surface area contributed by atoms with Crippen molar-refractivity contribution in [1.29, 1.82) is 0 Å². The largest absolute Gasteiger partial charge is 0.493 e. The van der Waals surface area contributed by atoms with Crippen molar-refractivity contribution in [1.82, 2.24) is 0 Å². The normalized spacial score (nSPS) is 13.2. The molecule has 1 heterocycles. The first kappa shape index (κ1) is 14.4. The molecule has 0 saturated carbocycles. The highest BCUT2D eigenvalue weighted by molar-refractivity contribution is 5.96. The highest BCUT2D eigenvalue weighted by atomic mass is 16.5. The van der Waals surface area contributed by atoms with Gasteiger partial charge in [-0.05, 0) is 23.8 Å². The Labute approximate surface area is 130 Å².